The van der Waals surface area contributed by atoms with Crippen molar-refractivity contribution >= 4 is 22.7 Å². The fourth-order valence-electron chi connectivity index (χ4n) is 4.97. The first kappa shape index (κ1) is 18.1. The summed E-state index contributed by atoms with van der Waals surface area (Å²) in [6.45, 7) is 13.5. The number of hydrogen-bond donors (Lipinski definition) is 0. The summed E-state index contributed by atoms with van der Waals surface area (Å²) in [5.41, 5.74) is 2.49. The van der Waals surface area contributed by atoms with Crippen molar-refractivity contribution in [3.63, 3.8) is 0 Å². The van der Waals surface area contributed by atoms with Crippen LogP contribution in [0.2, 0.25) is 0 Å². The predicted octanol–water partition coefficient (Wildman–Crippen LogP) is 2.30. The van der Waals surface area contributed by atoms with E-state index in [1.54, 1.807) is 0 Å². The van der Waals surface area contributed by atoms with E-state index in [0.717, 1.165) is 61.9 Å². The van der Waals surface area contributed by atoms with Gasteiger partial charge in [-0.05, 0) is 31.0 Å². The molecule has 3 aliphatic heterocycles. The Hall–Kier alpha value is -1.92. The minimum atomic E-state index is 0.487. The highest BCUT2D eigenvalue weighted by atomic mass is 15.3. The first-order valence-electron chi connectivity index (χ1n) is 10.7. The molecule has 0 aliphatic carbocycles. The second kappa shape index (κ2) is 6.85. The van der Waals surface area contributed by atoms with E-state index in [1.807, 2.05) is 0 Å². The molecule has 2 aromatic rings. The first-order chi connectivity index (χ1) is 13.5. The van der Waals surface area contributed by atoms with Crippen molar-refractivity contribution in [2.45, 2.75) is 26.3 Å². The molecule has 6 heteroatoms. The van der Waals surface area contributed by atoms with Crippen LogP contribution >= 0.6 is 0 Å². The third kappa shape index (κ3) is 3.33. The van der Waals surface area contributed by atoms with Crippen LogP contribution in [0.15, 0.2) is 24.3 Å². The van der Waals surface area contributed by atoms with Crippen molar-refractivity contribution in [2.75, 3.05) is 69.2 Å². The minimum Gasteiger partial charge on any atom is -0.352 e. The number of benzene rings is 1. The SMILES string of the molecule is CN1CCN(c2nc3ccccc3nc2N2CCC(N3CC(C)(C)C3)C2)CC1. The summed E-state index contributed by atoms with van der Waals surface area (Å²) in [7, 11) is 2.20. The van der Waals surface area contributed by atoms with Crippen molar-refractivity contribution < 1.29 is 0 Å². The predicted molar refractivity (Wildman–Crippen MR) is 115 cm³/mol. The average molecular weight is 381 g/mol. The largest absolute Gasteiger partial charge is 0.352 e. The van der Waals surface area contributed by atoms with E-state index in [0.29, 0.717) is 11.5 Å². The second-order valence-electron chi connectivity index (χ2n) is 9.61. The molecule has 5 rings (SSSR count). The van der Waals surface area contributed by atoms with E-state index in [2.05, 4.69) is 64.8 Å². The van der Waals surface area contributed by atoms with Crippen LogP contribution in [0.25, 0.3) is 11.0 Å². The molecule has 0 amide bonds. The van der Waals surface area contributed by atoms with Gasteiger partial charge in [-0.1, -0.05) is 26.0 Å². The highest BCUT2D eigenvalue weighted by Crippen LogP contribution is 2.36. The van der Waals surface area contributed by atoms with Gasteiger partial charge in [0.05, 0.1) is 11.0 Å². The Balaban J connectivity index is 1.43. The molecule has 3 saturated heterocycles. The van der Waals surface area contributed by atoms with Crippen molar-refractivity contribution in [1.82, 2.24) is 19.8 Å². The molecule has 0 N–H and O–H groups in total. The van der Waals surface area contributed by atoms with E-state index >= 15 is 0 Å². The van der Waals surface area contributed by atoms with Gasteiger partial charge in [-0.15, -0.1) is 0 Å². The Kier molecular flexibility index (Phi) is 4.43. The quantitative estimate of drug-likeness (QED) is 0.814. The second-order valence-corrected chi connectivity index (χ2v) is 9.61. The summed E-state index contributed by atoms with van der Waals surface area (Å²) in [6.07, 6.45) is 1.23. The van der Waals surface area contributed by atoms with Gasteiger partial charge in [0, 0.05) is 58.4 Å². The number of likely N-dealkylation sites (tertiary alicyclic amines) is 1. The van der Waals surface area contributed by atoms with E-state index < -0.39 is 0 Å². The lowest BCUT2D eigenvalue weighted by molar-refractivity contribution is 0.000998. The monoisotopic (exact) mass is 380 g/mol. The van der Waals surface area contributed by atoms with Crippen LogP contribution in [0.4, 0.5) is 11.6 Å². The molecule has 1 aromatic heterocycles. The Morgan fingerprint density at radius 2 is 1.46 bits per heavy atom. The Morgan fingerprint density at radius 3 is 2.07 bits per heavy atom. The zero-order valence-electron chi connectivity index (χ0n) is 17.4. The zero-order valence-corrected chi connectivity index (χ0v) is 17.4. The van der Waals surface area contributed by atoms with Crippen LogP contribution in [-0.2, 0) is 0 Å². The molecule has 6 nitrogen and oxygen atoms in total. The topological polar surface area (TPSA) is 38.7 Å². The number of para-hydroxylation sites is 2. The van der Waals surface area contributed by atoms with Gasteiger partial charge in [-0.3, -0.25) is 4.90 Å². The highest BCUT2D eigenvalue weighted by Gasteiger charge is 2.41. The van der Waals surface area contributed by atoms with E-state index in [1.165, 1.54) is 19.5 Å². The van der Waals surface area contributed by atoms with Crippen LogP contribution in [0.3, 0.4) is 0 Å². The molecule has 150 valence electrons. The van der Waals surface area contributed by atoms with Gasteiger partial charge in [0.1, 0.15) is 0 Å². The van der Waals surface area contributed by atoms with Crippen molar-refractivity contribution in [3.05, 3.63) is 24.3 Å². The highest BCUT2D eigenvalue weighted by molar-refractivity contribution is 5.81. The summed E-state index contributed by atoms with van der Waals surface area (Å²) in [6, 6.07) is 8.94. The third-order valence-electron chi connectivity index (χ3n) is 6.58. The number of nitrogens with zero attached hydrogens (tertiary/aromatic N) is 6. The molecule has 3 fully saturated rings. The van der Waals surface area contributed by atoms with Crippen LogP contribution in [0.5, 0.6) is 0 Å². The number of hydrogen-bond acceptors (Lipinski definition) is 6. The molecule has 0 saturated carbocycles. The first-order valence-corrected chi connectivity index (χ1v) is 10.7. The maximum Gasteiger partial charge on any atom is 0.172 e. The van der Waals surface area contributed by atoms with Gasteiger partial charge in [0.2, 0.25) is 0 Å². The Labute approximate surface area is 168 Å². The van der Waals surface area contributed by atoms with E-state index in [9.17, 15) is 0 Å². The fraction of sp³-hybridized carbons (Fsp3) is 0.636. The molecular weight excluding hydrogens is 348 g/mol. The summed E-state index contributed by atoms with van der Waals surface area (Å²) in [5.74, 6) is 2.17. The van der Waals surface area contributed by atoms with Gasteiger partial charge in [-0.25, -0.2) is 9.97 Å². The summed E-state index contributed by atoms with van der Waals surface area (Å²) in [4.78, 5) is 20.2. The van der Waals surface area contributed by atoms with Gasteiger partial charge >= 0.3 is 0 Å². The van der Waals surface area contributed by atoms with E-state index in [4.69, 9.17) is 9.97 Å². The van der Waals surface area contributed by atoms with Crippen LogP contribution < -0.4 is 9.80 Å². The smallest absolute Gasteiger partial charge is 0.172 e. The van der Waals surface area contributed by atoms with E-state index in [-0.39, 0.29) is 0 Å². The summed E-state index contributed by atoms with van der Waals surface area (Å²) < 4.78 is 0. The Morgan fingerprint density at radius 1 is 0.857 bits per heavy atom. The fourth-order valence-corrected chi connectivity index (χ4v) is 4.97. The summed E-state index contributed by atoms with van der Waals surface area (Å²) >= 11 is 0. The van der Waals surface area contributed by atoms with Crippen molar-refractivity contribution in [3.8, 4) is 0 Å². The molecule has 4 heterocycles. The molecular formula is C22H32N6. The normalized spacial score (nSPS) is 26.0. The number of fused-ring (bicyclic) bond motifs is 1. The molecule has 28 heavy (non-hydrogen) atoms. The summed E-state index contributed by atoms with van der Waals surface area (Å²) in [5, 5.41) is 0. The molecule has 0 spiro atoms. The lowest BCUT2D eigenvalue weighted by atomic mass is 9.83. The van der Waals surface area contributed by atoms with Crippen molar-refractivity contribution in [1.29, 1.82) is 0 Å². The molecule has 1 unspecified atom stereocenters. The van der Waals surface area contributed by atoms with Crippen LogP contribution in [-0.4, -0.2) is 85.2 Å². The number of likely N-dealkylation sites (N-methyl/N-ethyl adjacent to an activating group) is 1. The molecule has 0 radical (unpaired) electrons. The third-order valence-corrected chi connectivity index (χ3v) is 6.58. The minimum absolute atomic E-state index is 0.487. The number of anilines is 2. The number of aromatic nitrogens is 2. The average Bonchev–Trinajstić information content (AvgIpc) is 3.15. The lowest BCUT2D eigenvalue weighted by Crippen LogP contribution is -2.57. The number of piperazine rings is 1. The van der Waals surface area contributed by atoms with Gasteiger partial charge < -0.3 is 14.7 Å². The van der Waals surface area contributed by atoms with Crippen LogP contribution in [0.1, 0.15) is 20.3 Å². The number of rotatable bonds is 3. The maximum atomic E-state index is 5.11. The maximum absolute atomic E-state index is 5.11. The van der Waals surface area contributed by atoms with Gasteiger partial charge in [-0.2, -0.15) is 0 Å². The van der Waals surface area contributed by atoms with Crippen LogP contribution in [0, 0.1) is 5.41 Å². The molecule has 0 bridgehead atoms. The zero-order chi connectivity index (χ0) is 19.3. The molecule has 1 aromatic carbocycles. The molecule has 3 aliphatic rings. The lowest BCUT2D eigenvalue weighted by Gasteiger charge is -2.49. The van der Waals surface area contributed by atoms with Gasteiger partial charge in [0.15, 0.2) is 11.6 Å². The van der Waals surface area contributed by atoms with Gasteiger partial charge in [0.25, 0.3) is 0 Å². The standard InChI is InChI=1S/C22H32N6/c1-22(2)15-28(16-22)17-8-9-27(14-17)21-20(26-12-10-25(3)11-13-26)23-18-6-4-5-7-19(18)24-21/h4-7,17H,8-16H2,1-3H3. The van der Waals surface area contributed by atoms with Crippen molar-refractivity contribution in [2.24, 2.45) is 5.41 Å². The molecule has 1 atom stereocenters. The Bertz CT molecular complexity index is 849.